The number of aromatic nitrogens is 2. The molecule has 1 aromatic heterocycles. The number of nitrogens with zero attached hydrogens (tertiary/aromatic N) is 2. The summed E-state index contributed by atoms with van der Waals surface area (Å²) in [6.45, 7) is 1.14. The fourth-order valence-electron chi connectivity index (χ4n) is 1.27. The Morgan fingerprint density at radius 3 is 2.76 bits per heavy atom. The van der Waals surface area contributed by atoms with Crippen LogP contribution in [0, 0.1) is 0 Å². The van der Waals surface area contributed by atoms with E-state index in [-0.39, 0.29) is 6.61 Å². The summed E-state index contributed by atoms with van der Waals surface area (Å²) in [5.74, 6) is 5.26. The van der Waals surface area contributed by atoms with E-state index >= 15 is 0 Å². The summed E-state index contributed by atoms with van der Waals surface area (Å²) in [7, 11) is 0. The summed E-state index contributed by atoms with van der Waals surface area (Å²) < 4.78 is 41.8. The number of nitrogens with one attached hydrogen (secondary N) is 1. The lowest BCUT2D eigenvalue weighted by atomic mass is 10.2. The third-order valence-electron chi connectivity index (χ3n) is 2.13. The number of ether oxygens (including phenoxy) is 1. The van der Waals surface area contributed by atoms with Crippen molar-refractivity contribution in [2.45, 2.75) is 25.7 Å². The molecule has 0 fully saturated rings. The van der Waals surface area contributed by atoms with E-state index in [1.165, 1.54) is 0 Å². The summed E-state index contributed by atoms with van der Waals surface area (Å²) in [5, 5.41) is 4.00. The van der Waals surface area contributed by atoms with Crippen LogP contribution in [0.15, 0.2) is 12.4 Å². The van der Waals surface area contributed by atoms with Gasteiger partial charge in [0.25, 0.3) is 0 Å². The molecule has 5 nitrogen and oxygen atoms in total. The smallest absolute Gasteiger partial charge is 0.370 e. The number of aryl methyl sites for hydroxylation is 1. The minimum absolute atomic E-state index is 0.161. The molecule has 0 radical (unpaired) electrons. The quantitative estimate of drug-likeness (QED) is 0.585. The van der Waals surface area contributed by atoms with Crippen LogP contribution in [0.4, 0.5) is 13.2 Å². The van der Waals surface area contributed by atoms with Gasteiger partial charge < -0.3 is 4.74 Å². The monoisotopic (exact) mass is 252 g/mol. The van der Waals surface area contributed by atoms with Crippen molar-refractivity contribution in [3.05, 3.63) is 18.0 Å². The highest BCUT2D eigenvalue weighted by Crippen LogP contribution is 2.17. The van der Waals surface area contributed by atoms with Gasteiger partial charge in [-0.1, -0.05) is 0 Å². The van der Waals surface area contributed by atoms with Crippen LogP contribution < -0.4 is 11.3 Å². The Labute approximate surface area is 96.7 Å². The highest BCUT2D eigenvalue weighted by atomic mass is 19.4. The van der Waals surface area contributed by atoms with Crippen molar-refractivity contribution in [1.82, 2.24) is 15.2 Å². The molecule has 0 aliphatic carbocycles. The second-order valence-electron chi connectivity index (χ2n) is 3.48. The van der Waals surface area contributed by atoms with Crippen LogP contribution in [0.2, 0.25) is 0 Å². The molecule has 1 heterocycles. The Hall–Kier alpha value is -1.12. The van der Waals surface area contributed by atoms with E-state index in [2.05, 4.69) is 15.3 Å². The van der Waals surface area contributed by atoms with Crippen molar-refractivity contribution in [2.75, 3.05) is 13.2 Å². The van der Waals surface area contributed by atoms with Gasteiger partial charge in [-0.25, -0.2) is 0 Å². The molecule has 0 aliphatic heterocycles. The van der Waals surface area contributed by atoms with Crippen LogP contribution >= 0.6 is 0 Å². The molecule has 1 atom stereocenters. The third-order valence-corrected chi connectivity index (χ3v) is 2.13. The molecule has 0 saturated carbocycles. The second-order valence-corrected chi connectivity index (χ2v) is 3.48. The number of rotatable bonds is 6. The fraction of sp³-hybridized carbons (Fsp3) is 0.667. The van der Waals surface area contributed by atoms with E-state index in [0.717, 1.165) is 0 Å². The van der Waals surface area contributed by atoms with Gasteiger partial charge in [-0.05, 0) is 6.92 Å². The van der Waals surface area contributed by atoms with E-state index < -0.39 is 18.8 Å². The Kier molecular flexibility index (Phi) is 4.91. The Balaban J connectivity index is 2.48. The average molecular weight is 252 g/mol. The van der Waals surface area contributed by atoms with E-state index in [4.69, 9.17) is 5.84 Å². The van der Waals surface area contributed by atoms with Crippen molar-refractivity contribution in [3.63, 3.8) is 0 Å². The molecule has 3 N–H and O–H groups in total. The van der Waals surface area contributed by atoms with Gasteiger partial charge in [0.15, 0.2) is 0 Å². The largest absolute Gasteiger partial charge is 0.411 e. The molecule has 0 aromatic carbocycles. The number of hydrazine groups is 1. The molecule has 1 aromatic rings. The van der Waals surface area contributed by atoms with E-state index in [1.54, 1.807) is 17.1 Å². The first kappa shape index (κ1) is 13.9. The molecule has 0 spiro atoms. The molecule has 0 bridgehead atoms. The fourth-order valence-corrected chi connectivity index (χ4v) is 1.27. The SMILES string of the molecule is CCn1cc(C(COCC(F)(F)F)NN)cn1. The Morgan fingerprint density at radius 2 is 2.29 bits per heavy atom. The first-order valence-electron chi connectivity index (χ1n) is 5.09. The number of nitrogens with two attached hydrogens (primary N) is 1. The van der Waals surface area contributed by atoms with Crippen LogP contribution in [0.25, 0.3) is 0 Å². The van der Waals surface area contributed by atoms with Gasteiger partial charge in [-0.3, -0.25) is 16.0 Å². The molecule has 1 unspecified atom stereocenters. The minimum atomic E-state index is -4.33. The molecule has 1 rings (SSSR count). The van der Waals surface area contributed by atoms with Gasteiger partial charge in [-0.15, -0.1) is 0 Å². The summed E-state index contributed by atoms with van der Waals surface area (Å²) in [5.41, 5.74) is 3.09. The van der Waals surface area contributed by atoms with E-state index in [9.17, 15) is 13.2 Å². The zero-order chi connectivity index (χ0) is 12.9. The van der Waals surface area contributed by atoms with Crippen molar-refractivity contribution >= 4 is 0 Å². The minimum Gasteiger partial charge on any atom is -0.370 e. The standard InChI is InChI=1S/C9H15F3N4O/c1-2-16-4-7(3-14-16)8(15-13)5-17-6-9(10,11)12/h3-4,8,15H,2,5-6,13H2,1H3. The van der Waals surface area contributed by atoms with Crippen LogP contribution in [0.5, 0.6) is 0 Å². The Morgan fingerprint density at radius 1 is 1.59 bits per heavy atom. The zero-order valence-corrected chi connectivity index (χ0v) is 9.37. The maximum atomic E-state index is 11.9. The molecule has 8 heteroatoms. The van der Waals surface area contributed by atoms with Gasteiger partial charge in [0.05, 0.1) is 18.8 Å². The lowest BCUT2D eigenvalue weighted by Gasteiger charge is -2.15. The first-order chi connectivity index (χ1) is 7.96. The van der Waals surface area contributed by atoms with Gasteiger partial charge in [0, 0.05) is 18.3 Å². The summed E-state index contributed by atoms with van der Waals surface area (Å²) in [6, 6.07) is -0.502. The molecule has 0 saturated heterocycles. The van der Waals surface area contributed by atoms with Crippen LogP contribution in [-0.4, -0.2) is 29.2 Å². The van der Waals surface area contributed by atoms with Crippen LogP contribution in [0.1, 0.15) is 18.5 Å². The summed E-state index contributed by atoms with van der Waals surface area (Å²) >= 11 is 0. The van der Waals surface area contributed by atoms with Gasteiger partial charge in [0.2, 0.25) is 0 Å². The lowest BCUT2D eigenvalue weighted by Crippen LogP contribution is -2.32. The topological polar surface area (TPSA) is 65.1 Å². The Bertz CT molecular complexity index is 339. The molecular weight excluding hydrogens is 237 g/mol. The lowest BCUT2D eigenvalue weighted by molar-refractivity contribution is -0.175. The van der Waals surface area contributed by atoms with Crippen molar-refractivity contribution < 1.29 is 17.9 Å². The van der Waals surface area contributed by atoms with Crippen molar-refractivity contribution in [1.29, 1.82) is 0 Å². The predicted molar refractivity (Wildman–Crippen MR) is 54.8 cm³/mol. The predicted octanol–water partition coefficient (Wildman–Crippen LogP) is 0.986. The van der Waals surface area contributed by atoms with Gasteiger partial charge in [0.1, 0.15) is 6.61 Å². The highest BCUT2D eigenvalue weighted by molar-refractivity contribution is 5.10. The van der Waals surface area contributed by atoms with E-state index in [1.807, 2.05) is 6.92 Å². The van der Waals surface area contributed by atoms with Crippen LogP contribution in [-0.2, 0) is 11.3 Å². The van der Waals surface area contributed by atoms with Gasteiger partial charge >= 0.3 is 6.18 Å². The highest BCUT2D eigenvalue weighted by Gasteiger charge is 2.28. The molecule has 0 amide bonds. The summed E-state index contributed by atoms with van der Waals surface area (Å²) in [6.07, 6.45) is -1.07. The first-order valence-corrected chi connectivity index (χ1v) is 5.09. The molecular formula is C9H15F3N4O. The number of hydrogen-bond donors (Lipinski definition) is 2. The van der Waals surface area contributed by atoms with Crippen molar-refractivity contribution in [2.24, 2.45) is 5.84 Å². The third kappa shape index (κ3) is 4.72. The molecule has 17 heavy (non-hydrogen) atoms. The number of halogens is 3. The maximum Gasteiger partial charge on any atom is 0.411 e. The second kappa shape index (κ2) is 5.99. The van der Waals surface area contributed by atoms with Crippen molar-refractivity contribution in [3.8, 4) is 0 Å². The summed E-state index contributed by atoms with van der Waals surface area (Å²) in [4.78, 5) is 0. The molecule has 0 aliphatic rings. The maximum absolute atomic E-state index is 11.9. The van der Waals surface area contributed by atoms with Crippen LogP contribution in [0.3, 0.4) is 0 Å². The van der Waals surface area contributed by atoms with E-state index in [0.29, 0.717) is 12.1 Å². The van der Waals surface area contributed by atoms with Gasteiger partial charge in [-0.2, -0.15) is 18.3 Å². The number of hydrogen-bond acceptors (Lipinski definition) is 4. The molecule has 98 valence electrons. The number of alkyl halides is 3. The normalized spacial score (nSPS) is 13.9. The zero-order valence-electron chi connectivity index (χ0n) is 9.37. The average Bonchev–Trinajstić information content (AvgIpc) is 2.71.